The Labute approximate surface area is 119 Å². The normalized spacial score (nSPS) is 11.2. The molecule has 0 fully saturated rings. The van der Waals surface area contributed by atoms with Crippen LogP contribution in [0.1, 0.15) is 11.3 Å². The second kappa shape index (κ2) is 6.16. The Bertz CT molecular complexity index is 559. The summed E-state index contributed by atoms with van der Waals surface area (Å²) in [7, 11) is 1.94. The SMILES string of the molecule is CN(CCc1cc(Br)ccc1F)Cc1cc(N)no1. The maximum Gasteiger partial charge on any atom is 0.167 e. The molecule has 0 radical (unpaired) electrons. The van der Waals surface area contributed by atoms with Crippen molar-refractivity contribution in [2.45, 2.75) is 13.0 Å². The number of nitrogen functional groups attached to an aromatic ring is 1. The van der Waals surface area contributed by atoms with Crippen molar-refractivity contribution in [2.75, 3.05) is 19.3 Å². The van der Waals surface area contributed by atoms with E-state index in [1.807, 2.05) is 11.9 Å². The molecule has 1 heterocycles. The molecule has 2 N–H and O–H groups in total. The van der Waals surface area contributed by atoms with Crippen LogP contribution in [0.4, 0.5) is 10.2 Å². The molecule has 6 heteroatoms. The number of nitrogens with two attached hydrogens (primary N) is 1. The summed E-state index contributed by atoms with van der Waals surface area (Å²) < 4.78 is 19.5. The summed E-state index contributed by atoms with van der Waals surface area (Å²) in [5.74, 6) is 0.900. The average molecular weight is 328 g/mol. The van der Waals surface area contributed by atoms with Crippen molar-refractivity contribution in [3.8, 4) is 0 Å². The Kier molecular flexibility index (Phi) is 4.55. The predicted octanol–water partition coefficient (Wildman–Crippen LogP) is 2.83. The lowest BCUT2D eigenvalue weighted by atomic mass is 10.1. The van der Waals surface area contributed by atoms with Crippen LogP contribution < -0.4 is 5.73 Å². The highest BCUT2D eigenvalue weighted by Crippen LogP contribution is 2.16. The van der Waals surface area contributed by atoms with Gasteiger partial charge in [0.05, 0.1) is 6.54 Å². The highest BCUT2D eigenvalue weighted by molar-refractivity contribution is 9.10. The van der Waals surface area contributed by atoms with Crippen molar-refractivity contribution >= 4 is 21.7 Å². The fourth-order valence-electron chi connectivity index (χ4n) is 1.79. The zero-order valence-electron chi connectivity index (χ0n) is 10.6. The minimum Gasteiger partial charge on any atom is -0.381 e. The molecule has 0 saturated carbocycles. The Morgan fingerprint density at radius 1 is 1.42 bits per heavy atom. The van der Waals surface area contributed by atoms with E-state index in [1.165, 1.54) is 6.07 Å². The van der Waals surface area contributed by atoms with E-state index in [4.69, 9.17) is 10.3 Å². The summed E-state index contributed by atoms with van der Waals surface area (Å²) in [5, 5.41) is 3.62. The number of rotatable bonds is 5. The van der Waals surface area contributed by atoms with E-state index in [-0.39, 0.29) is 5.82 Å². The van der Waals surface area contributed by atoms with Gasteiger partial charge in [0.15, 0.2) is 11.6 Å². The van der Waals surface area contributed by atoms with Crippen LogP contribution in [0, 0.1) is 5.82 Å². The van der Waals surface area contributed by atoms with E-state index in [0.717, 1.165) is 4.47 Å². The molecule has 19 heavy (non-hydrogen) atoms. The number of halogens is 2. The van der Waals surface area contributed by atoms with Crippen molar-refractivity contribution in [3.63, 3.8) is 0 Å². The first-order valence-electron chi connectivity index (χ1n) is 5.88. The number of hydrogen-bond donors (Lipinski definition) is 1. The largest absolute Gasteiger partial charge is 0.381 e. The van der Waals surface area contributed by atoms with Gasteiger partial charge in [-0.25, -0.2) is 4.39 Å². The van der Waals surface area contributed by atoms with Crippen LogP contribution in [0.5, 0.6) is 0 Å². The first-order chi connectivity index (χ1) is 9.04. The lowest BCUT2D eigenvalue weighted by Crippen LogP contribution is -2.20. The van der Waals surface area contributed by atoms with E-state index < -0.39 is 0 Å². The zero-order chi connectivity index (χ0) is 13.8. The van der Waals surface area contributed by atoms with Gasteiger partial charge >= 0.3 is 0 Å². The molecule has 102 valence electrons. The van der Waals surface area contributed by atoms with Crippen LogP contribution in [0.25, 0.3) is 0 Å². The predicted molar refractivity (Wildman–Crippen MR) is 75.1 cm³/mol. The van der Waals surface area contributed by atoms with Crippen LogP contribution in [-0.2, 0) is 13.0 Å². The Morgan fingerprint density at radius 2 is 2.21 bits per heavy atom. The van der Waals surface area contributed by atoms with Crippen LogP contribution in [0.2, 0.25) is 0 Å². The number of nitrogens with zero attached hydrogens (tertiary/aromatic N) is 2. The second-order valence-corrected chi connectivity index (χ2v) is 5.36. The fourth-order valence-corrected chi connectivity index (χ4v) is 2.20. The third-order valence-corrected chi connectivity index (χ3v) is 3.27. The van der Waals surface area contributed by atoms with Crippen LogP contribution in [-0.4, -0.2) is 23.6 Å². The van der Waals surface area contributed by atoms with Crippen molar-refractivity contribution in [3.05, 3.63) is 45.9 Å². The minimum atomic E-state index is -0.180. The van der Waals surface area contributed by atoms with Crippen molar-refractivity contribution in [2.24, 2.45) is 0 Å². The van der Waals surface area contributed by atoms with Crippen LogP contribution in [0.3, 0.4) is 0 Å². The summed E-state index contributed by atoms with van der Waals surface area (Å²) >= 11 is 3.34. The molecule has 4 nitrogen and oxygen atoms in total. The number of aromatic nitrogens is 1. The van der Waals surface area contributed by atoms with Gasteiger partial charge in [-0.05, 0) is 37.2 Å². The molecule has 0 amide bonds. The summed E-state index contributed by atoms with van der Waals surface area (Å²) in [6.07, 6.45) is 0.630. The molecular formula is C13H15BrFN3O. The van der Waals surface area contributed by atoms with Gasteiger partial charge in [0.1, 0.15) is 5.82 Å². The molecule has 2 aromatic rings. The van der Waals surface area contributed by atoms with E-state index in [2.05, 4.69) is 21.1 Å². The molecule has 2 rings (SSSR count). The van der Waals surface area contributed by atoms with E-state index in [0.29, 0.717) is 36.7 Å². The number of hydrogen-bond acceptors (Lipinski definition) is 4. The molecule has 0 saturated heterocycles. The Morgan fingerprint density at radius 3 is 2.89 bits per heavy atom. The third-order valence-electron chi connectivity index (χ3n) is 2.77. The molecule has 1 aromatic carbocycles. The quantitative estimate of drug-likeness (QED) is 0.917. The molecule has 0 spiro atoms. The molecule has 0 aliphatic rings. The van der Waals surface area contributed by atoms with E-state index in [9.17, 15) is 4.39 Å². The van der Waals surface area contributed by atoms with E-state index in [1.54, 1.807) is 18.2 Å². The van der Waals surface area contributed by atoms with Gasteiger partial charge < -0.3 is 10.3 Å². The van der Waals surface area contributed by atoms with Gasteiger partial charge in [-0.15, -0.1) is 0 Å². The summed E-state index contributed by atoms with van der Waals surface area (Å²) in [6.45, 7) is 1.31. The fraction of sp³-hybridized carbons (Fsp3) is 0.308. The number of anilines is 1. The standard InChI is InChI=1S/C13H15BrFN3O/c1-18(8-11-7-13(16)17-19-11)5-4-9-6-10(14)2-3-12(9)15/h2-3,6-7H,4-5,8H2,1H3,(H2,16,17). The van der Waals surface area contributed by atoms with Crippen LogP contribution in [0.15, 0.2) is 33.3 Å². The van der Waals surface area contributed by atoms with Crippen molar-refractivity contribution in [1.82, 2.24) is 10.1 Å². The first kappa shape index (κ1) is 14.0. The van der Waals surface area contributed by atoms with Gasteiger partial charge in [0, 0.05) is 17.1 Å². The van der Waals surface area contributed by atoms with Gasteiger partial charge in [0.25, 0.3) is 0 Å². The smallest absolute Gasteiger partial charge is 0.167 e. The number of benzene rings is 1. The second-order valence-electron chi connectivity index (χ2n) is 4.44. The molecule has 0 bridgehead atoms. The highest BCUT2D eigenvalue weighted by atomic mass is 79.9. The number of likely N-dealkylation sites (N-methyl/N-ethyl adjacent to an activating group) is 1. The van der Waals surface area contributed by atoms with Crippen LogP contribution >= 0.6 is 15.9 Å². The molecule has 0 atom stereocenters. The van der Waals surface area contributed by atoms with Crippen molar-refractivity contribution < 1.29 is 8.91 Å². The highest BCUT2D eigenvalue weighted by Gasteiger charge is 2.08. The lowest BCUT2D eigenvalue weighted by Gasteiger charge is -2.14. The topological polar surface area (TPSA) is 55.3 Å². The minimum absolute atomic E-state index is 0.180. The van der Waals surface area contributed by atoms with Gasteiger partial charge in [-0.2, -0.15) is 0 Å². The summed E-state index contributed by atoms with van der Waals surface area (Å²) in [4.78, 5) is 2.03. The maximum atomic E-state index is 13.6. The maximum absolute atomic E-state index is 13.6. The van der Waals surface area contributed by atoms with Gasteiger partial charge in [-0.3, -0.25) is 4.90 Å². The van der Waals surface area contributed by atoms with Gasteiger partial charge in [0.2, 0.25) is 0 Å². The summed E-state index contributed by atoms with van der Waals surface area (Å²) in [5.41, 5.74) is 6.17. The summed E-state index contributed by atoms with van der Waals surface area (Å²) in [6, 6.07) is 6.65. The Balaban J connectivity index is 1.89. The molecular weight excluding hydrogens is 313 g/mol. The molecule has 0 unspecified atom stereocenters. The monoisotopic (exact) mass is 327 g/mol. The van der Waals surface area contributed by atoms with Crippen molar-refractivity contribution in [1.29, 1.82) is 0 Å². The zero-order valence-corrected chi connectivity index (χ0v) is 12.2. The lowest BCUT2D eigenvalue weighted by molar-refractivity contribution is 0.275. The third kappa shape index (κ3) is 4.04. The molecule has 1 aromatic heterocycles. The van der Waals surface area contributed by atoms with Gasteiger partial charge in [-0.1, -0.05) is 21.1 Å². The Hall–Kier alpha value is -1.40. The first-order valence-corrected chi connectivity index (χ1v) is 6.67. The molecule has 0 aliphatic heterocycles. The van der Waals surface area contributed by atoms with E-state index >= 15 is 0 Å². The molecule has 0 aliphatic carbocycles. The average Bonchev–Trinajstić information content (AvgIpc) is 2.76.